The quantitative estimate of drug-likeness (QED) is 0.197. The van der Waals surface area contributed by atoms with Gasteiger partial charge in [0.25, 0.3) is 0 Å². The van der Waals surface area contributed by atoms with Crippen LogP contribution in [0.4, 0.5) is 13.9 Å². The second-order valence-electron chi connectivity index (χ2n) is 14.0. The van der Waals surface area contributed by atoms with Crippen molar-refractivity contribution in [3.8, 4) is 22.8 Å². The van der Waals surface area contributed by atoms with E-state index in [1.807, 2.05) is 26.8 Å². The number of fused-ring (bicyclic) bond motifs is 1. The Labute approximate surface area is 312 Å². The molecule has 0 radical (unpaired) electrons. The molecule has 0 saturated carbocycles. The molecule has 3 atom stereocenters. The van der Waals surface area contributed by atoms with Crippen LogP contribution in [0.25, 0.3) is 11.3 Å². The van der Waals surface area contributed by atoms with Crippen molar-refractivity contribution in [2.24, 2.45) is 11.1 Å². The number of halogens is 2. The molecule has 53 heavy (non-hydrogen) atoms. The largest absolute Gasteiger partial charge is 0.491 e. The molecule has 1 aromatic heterocycles. The molecule has 0 spiro atoms. The molecule has 4 N–H and O–H groups in total. The smallest absolute Gasteiger partial charge is 0.246 e. The molecule has 2 aliphatic heterocycles. The number of nitrogens with zero attached hydrogens (tertiary/aromatic N) is 3. The first-order chi connectivity index (χ1) is 25.3. The van der Waals surface area contributed by atoms with Gasteiger partial charge >= 0.3 is 0 Å². The van der Waals surface area contributed by atoms with Crippen molar-refractivity contribution in [3.05, 3.63) is 58.5 Å². The molecule has 0 aliphatic carbocycles. The third kappa shape index (κ3) is 9.79. The van der Waals surface area contributed by atoms with Gasteiger partial charge < -0.3 is 45.1 Å². The van der Waals surface area contributed by atoms with Gasteiger partial charge in [0.15, 0.2) is 16.7 Å². The summed E-state index contributed by atoms with van der Waals surface area (Å²) in [5, 5.41) is 8.29. The second kappa shape index (κ2) is 17.6. The maximum atomic E-state index is 14.9. The van der Waals surface area contributed by atoms with Crippen molar-refractivity contribution in [3.63, 3.8) is 0 Å². The highest BCUT2D eigenvalue weighted by atomic mass is 32.1. The standard InChI is InChI=1S/C37H48F2N6O7S/c1-22(41-5)34(47)43-32(37(2,3)4)35(48)45-20-24-18-25(7-6-23(24)19-29(45)33(40)46)51-16-14-50-15-17-52-31-26(8-9-27(38)30(31)39)28-21-53-36(42-28)44-10-12-49-13-11-44/h6-9,18,21-22,29,32,41H,10-17,19-20H2,1-5H3,(H2,40,46)(H,43,47)/t22-,29-,32?/m0/s1. The number of ether oxygens (including phenoxy) is 4. The van der Waals surface area contributed by atoms with Crippen molar-refractivity contribution in [1.82, 2.24) is 20.5 Å². The number of rotatable bonds is 15. The molecular formula is C37H48F2N6O7S. The van der Waals surface area contributed by atoms with E-state index in [1.165, 1.54) is 22.3 Å². The summed E-state index contributed by atoms with van der Waals surface area (Å²) in [6.45, 7) is 10.3. The molecule has 2 aliphatic rings. The zero-order chi connectivity index (χ0) is 38.3. The van der Waals surface area contributed by atoms with Gasteiger partial charge in [-0.25, -0.2) is 9.37 Å². The molecule has 288 valence electrons. The van der Waals surface area contributed by atoms with Crippen LogP contribution in [0, 0.1) is 17.0 Å². The maximum Gasteiger partial charge on any atom is 0.246 e. The highest BCUT2D eigenvalue weighted by molar-refractivity contribution is 7.14. The number of primary amides is 1. The normalized spacial score (nSPS) is 17.2. The number of benzene rings is 2. The Balaban J connectivity index is 1.15. The van der Waals surface area contributed by atoms with Crippen molar-refractivity contribution < 1.29 is 42.1 Å². The highest BCUT2D eigenvalue weighted by Gasteiger charge is 2.42. The minimum absolute atomic E-state index is 0.0402. The zero-order valence-corrected chi connectivity index (χ0v) is 31.5. The van der Waals surface area contributed by atoms with E-state index in [1.54, 1.807) is 31.5 Å². The first kappa shape index (κ1) is 39.8. The molecule has 0 bridgehead atoms. The van der Waals surface area contributed by atoms with Crippen LogP contribution in [0.15, 0.2) is 35.7 Å². The van der Waals surface area contributed by atoms with Gasteiger partial charge in [0.2, 0.25) is 23.5 Å². The van der Waals surface area contributed by atoms with Gasteiger partial charge in [-0.15, -0.1) is 11.3 Å². The predicted octanol–water partition coefficient (Wildman–Crippen LogP) is 3.28. The second-order valence-corrected chi connectivity index (χ2v) is 14.8. The summed E-state index contributed by atoms with van der Waals surface area (Å²) in [5.74, 6) is -3.19. The number of amides is 3. The van der Waals surface area contributed by atoms with Crippen molar-refractivity contribution in [2.45, 2.75) is 58.8 Å². The first-order valence-corrected chi connectivity index (χ1v) is 18.5. The Morgan fingerprint density at radius 3 is 2.45 bits per heavy atom. The summed E-state index contributed by atoms with van der Waals surface area (Å²) in [6.07, 6.45) is 0.225. The summed E-state index contributed by atoms with van der Waals surface area (Å²) in [6, 6.07) is 5.62. The lowest BCUT2D eigenvalue weighted by atomic mass is 9.84. The fraction of sp³-hybridized carbons (Fsp3) is 0.514. The van der Waals surface area contributed by atoms with Crippen LogP contribution in [0.1, 0.15) is 38.8 Å². The van der Waals surface area contributed by atoms with Crippen LogP contribution in [-0.2, 0) is 36.8 Å². The number of morpholine rings is 1. The van der Waals surface area contributed by atoms with Crippen LogP contribution in [0.3, 0.4) is 0 Å². The van der Waals surface area contributed by atoms with E-state index >= 15 is 0 Å². The summed E-state index contributed by atoms with van der Waals surface area (Å²) in [4.78, 5) is 47.4. The summed E-state index contributed by atoms with van der Waals surface area (Å²) in [5.41, 5.74) is 7.60. The molecule has 13 nitrogen and oxygen atoms in total. The lowest BCUT2D eigenvalue weighted by Gasteiger charge is -2.40. The fourth-order valence-electron chi connectivity index (χ4n) is 6.04. The van der Waals surface area contributed by atoms with Crippen molar-refractivity contribution >= 4 is 34.2 Å². The Hall–Kier alpha value is -4.38. The van der Waals surface area contributed by atoms with Gasteiger partial charge in [-0.05, 0) is 54.8 Å². The molecule has 3 aromatic rings. The fourth-order valence-corrected chi connectivity index (χ4v) is 6.91. The molecule has 16 heteroatoms. The van der Waals surface area contributed by atoms with E-state index in [-0.39, 0.29) is 51.0 Å². The van der Waals surface area contributed by atoms with Gasteiger partial charge in [-0.2, -0.15) is 4.39 Å². The van der Waals surface area contributed by atoms with E-state index in [0.29, 0.717) is 43.3 Å². The number of likely N-dealkylation sites (N-methyl/N-ethyl adjacent to an activating group) is 1. The number of thiazole rings is 1. The van der Waals surface area contributed by atoms with Gasteiger partial charge in [0.1, 0.15) is 31.0 Å². The molecular weight excluding hydrogens is 711 g/mol. The molecule has 2 aromatic carbocycles. The molecule has 3 amide bonds. The van der Waals surface area contributed by atoms with Gasteiger partial charge in [0, 0.05) is 37.0 Å². The summed E-state index contributed by atoms with van der Waals surface area (Å²) in [7, 11) is 1.65. The van der Waals surface area contributed by atoms with Gasteiger partial charge in [-0.1, -0.05) is 26.8 Å². The van der Waals surface area contributed by atoms with Crippen molar-refractivity contribution in [2.75, 3.05) is 64.7 Å². The van der Waals surface area contributed by atoms with E-state index in [4.69, 9.17) is 24.7 Å². The number of nitrogens with two attached hydrogens (primary N) is 1. The Kier molecular flexibility index (Phi) is 13.2. The average molecular weight is 759 g/mol. The average Bonchev–Trinajstić information content (AvgIpc) is 3.64. The van der Waals surface area contributed by atoms with Gasteiger partial charge in [-0.3, -0.25) is 14.4 Å². The van der Waals surface area contributed by atoms with Crippen molar-refractivity contribution in [1.29, 1.82) is 0 Å². The monoisotopic (exact) mass is 758 g/mol. The molecule has 3 heterocycles. The van der Waals surface area contributed by atoms with Crippen LogP contribution in [0.2, 0.25) is 0 Å². The molecule has 1 unspecified atom stereocenters. The van der Waals surface area contributed by atoms with Crippen LogP contribution in [0.5, 0.6) is 11.5 Å². The number of hydrogen-bond acceptors (Lipinski definition) is 11. The first-order valence-electron chi connectivity index (χ1n) is 17.6. The van der Waals surface area contributed by atoms with Crippen LogP contribution in [-0.4, -0.2) is 106 Å². The van der Waals surface area contributed by atoms with E-state index < -0.39 is 47.0 Å². The summed E-state index contributed by atoms with van der Waals surface area (Å²) < 4.78 is 51.7. The lowest BCUT2D eigenvalue weighted by molar-refractivity contribution is -0.146. The van der Waals surface area contributed by atoms with Gasteiger partial charge in [0.05, 0.1) is 38.2 Å². The Morgan fingerprint density at radius 1 is 1.06 bits per heavy atom. The van der Waals surface area contributed by atoms with E-state index in [9.17, 15) is 23.2 Å². The third-order valence-electron chi connectivity index (χ3n) is 9.22. The van der Waals surface area contributed by atoms with E-state index in [0.717, 1.165) is 22.3 Å². The maximum absolute atomic E-state index is 14.9. The Morgan fingerprint density at radius 2 is 1.77 bits per heavy atom. The van der Waals surface area contributed by atoms with E-state index in [2.05, 4.69) is 20.5 Å². The number of anilines is 1. The number of aromatic nitrogens is 1. The molecule has 1 fully saturated rings. The number of carbonyl (C=O) groups is 3. The lowest BCUT2D eigenvalue weighted by Crippen LogP contribution is -2.61. The van der Waals surface area contributed by atoms with Crippen LogP contribution >= 0.6 is 11.3 Å². The molecule has 5 rings (SSSR count). The number of carbonyl (C=O) groups excluding carboxylic acids is 3. The summed E-state index contributed by atoms with van der Waals surface area (Å²) >= 11 is 1.42. The highest BCUT2D eigenvalue weighted by Crippen LogP contribution is 2.36. The number of nitrogens with one attached hydrogen (secondary N) is 2. The topological polar surface area (TPSA) is 158 Å². The molecule has 1 saturated heterocycles. The van der Waals surface area contributed by atoms with Crippen LogP contribution < -0.4 is 30.7 Å². The minimum atomic E-state index is -1.09. The zero-order valence-electron chi connectivity index (χ0n) is 30.7. The third-order valence-corrected chi connectivity index (χ3v) is 10.1. The predicted molar refractivity (Wildman–Crippen MR) is 196 cm³/mol. The number of hydrogen-bond donors (Lipinski definition) is 3. The minimum Gasteiger partial charge on any atom is -0.491 e. The Bertz CT molecular complexity index is 1760. The SMILES string of the molecule is CN[C@@H](C)C(=O)NC(C(=O)N1Cc2cc(OCCOCCOc3c(-c4csc(N5CCOCC5)n4)ccc(F)c3F)ccc2C[C@H]1C(N)=O)C(C)(C)C.